The SMILES string of the molecule is O=C(Nc1ccccc1Cl)N1CCCC2(C1)Nc1cccnc1NC2=NC1CCCC1. The number of amides is 2. The van der Waals surface area contributed by atoms with Gasteiger partial charge in [0.1, 0.15) is 11.4 Å². The Balaban J connectivity index is 1.42. The summed E-state index contributed by atoms with van der Waals surface area (Å²) in [6, 6.07) is 11.4. The number of hydrogen-bond donors (Lipinski definition) is 3. The Hall–Kier alpha value is -2.80. The van der Waals surface area contributed by atoms with Crippen molar-refractivity contribution in [2.75, 3.05) is 29.0 Å². The summed E-state index contributed by atoms with van der Waals surface area (Å²) < 4.78 is 0. The number of likely N-dealkylation sites (tertiary alicyclic amines) is 1. The number of aliphatic imine (C=N–C) groups is 1. The van der Waals surface area contributed by atoms with Gasteiger partial charge in [-0.25, -0.2) is 9.78 Å². The molecule has 2 amide bonds. The third-order valence-electron chi connectivity index (χ3n) is 6.40. The first-order chi connectivity index (χ1) is 15.1. The van der Waals surface area contributed by atoms with Crippen molar-refractivity contribution in [1.29, 1.82) is 0 Å². The molecular formula is C23H27ClN6O. The molecule has 2 aliphatic heterocycles. The summed E-state index contributed by atoms with van der Waals surface area (Å²) in [6.45, 7) is 1.21. The Kier molecular flexibility index (Phi) is 5.44. The van der Waals surface area contributed by atoms with Crippen molar-refractivity contribution in [3.8, 4) is 0 Å². The Bertz CT molecular complexity index is 1010. The van der Waals surface area contributed by atoms with Gasteiger partial charge in [-0.2, -0.15) is 0 Å². The lowest BCUT2D eigenvalue weighted by molar-refractivity contribution is 0.187. The van der Waals surface area contributed by atoms with Crippen LogP contribution in [-0.4, -0.2) is 46.4 Å². The Morgan fingerprint density at radius 3 is 2.87 bits per heavy atom. The minimum absolute atomic E-state index is 0.147. The summed E-state index contributed by atoms with van der Waals surface area (Å²) in [7, 11) is 0. The van der Waals surface area contributed by atoms with Crippen LogP contribution in [0.25, 0.3) is 0 Å². The summed E-state index contributed by atoms with van der Waals surface area (Å²) in [5, 5.41) is 10.7. The van der Waals surface area contributed by atoms with Crippen molar-refractivity contribution in [3.63, 3.8) is 0 Å². The molecule has 1 spiro atoms. The van der Waals surface area contributed by atoms with Crippen molar-refractivity contribution >= 4 is 40.7 Å². The maximum Gasteiger partial charge on any atom is 0.321 e. The number of aromatic nitrogens is 1. The largest absolute Gasteiger partial charge is 0.368 e. The Morgan fingerprint density at radius 1 is 1.19 bits per heavy atom. The smallest absolute Gasteiger partial charge is 0.321 e. The molecule has 0 bridgehead atoms. The van der Waals surface area contributed by atoms with Gasteiger partial charge >= 0.3 is 6.03 Å². The topological polar surface area (TPSA) is 81.7 Å². The normalized spacial score (nSPS) is 24.5. The van der Waals surface area contributed by atoms with Crippen molar-refractivity contribution in [1.82, 2.24) is 9.88 Å². The number of fused-ring (bicyclic) bond motifs is 1. The number of rotatable bonds is 2. The molecule has 1 saturated carbocycles. The summed E-state index contributed by atoms with van der Waals surface area (Å²) in [6.07, 6.45) is 8.24. The van der Waals surface area contributed by atoms with E-state index in [1.165, 1.54) is 12.8 Å². The van der Waals surface area contributed by atoms with E-state index in [4.69, 9.17) is 16.6 Å². The molecule has 5 rings (SSSR count). The first-order valence-corrected chi connectivity index (χ1v) is 11.4. The molecule has 0 radical (unpaired) electrons. The molecular weight excluding hydrogens is 412 g/mol. The van der Waals surface area contributed by atoms with Gasteiger partial charge in [0.15, 0.2) is 5.82 Å². The van der Waals surface area contributed by atoms with Crippen LogP contribution in [0.2, 0.25) is 5.02 Å². The van der Waals surface area contributed by atoms with E-state index in [-0.39, 0.29) is 6.03 Å². The van der Waals surface area contributed by atoms with Crippen LogP contribution in [0.3, 0.4) is 0 Å². The molecule has 7 nitrogen and oxygen atoms in total. The number of urea groups is 1. The molecule has 1 aliphatic carbocycles. The number of carbonyl (C=O) groups is 1. The fourth-order valence-corrected chi connectivity index (χ4v) is 4.99. The van der Waals surface area contributed by atoms with Crippen molar-refractivity contribution in [3.05, 3.63) is 47.6 Å². The molecule has 1 aromatic heterocycles. The van der Waals surface area contributed by atoms with Crippen LogP contribution in [0.1, 0.15) is 38.5 Å². The van der Waals surface area contributed by atoms with E-state index in [1.54, 1.807) is 12.3 Å². The highest BCUT2D eigenvalue weighted by Gasteiger charge is 2.45. The van der Waals surface area contributed by atoms with Gasteiger partial charge in [0.2, 0.25) is 0 Å². The molecule has 8 heteroatoms. The van der Waals surface area contributed by atoms with E-state index < -0.39 is 5.54 Å². The van der Waals surface area contributed by atoms with E-state index in [0.717, 1.165) is 43.0 Å². The second-order valence-electron chi connectivity index (χ2n) is 8.58. The molecule has 162 valence electrons. The predicted octanol–water partition coefficient (Wildman–Crippen LogP) is 4.98. The standard InChI is InChI=1S/C23H27ClN6O/c24-17-9-3-4-10-18(17)27-22(31)30-14-6-12-23(15-30)21(26-16-7-1-2-8-16)28-20-19(29-23)11-5-13-25-20/h3-5,9-11,13,16,29H,1-2,6-8,12,14-15H2,(H,27,31)(H,25,26,28). The van der Waals surface area contributed by atoms with E-state index >= 15 is 0 Å². The quantitative estimate of drug-likeness (QED) is 0.617. The second kappa shape index (κ2) is 8.38. The van der Waals surface area contributed by atoms with Gasteiger partial charge in [0, 0.05) is 12.7 Å². The van der Waals surface area contributed by atoms with Gasteiger partial charge in [0.05, 0.1) is 29.0 Å². The molecule has 3 N–H and O–H groups in total. The number of para-hydroxylation sites is 1. The van der Waals surface area contributed by atoms with Gasteiger partial charge < -0.3 is 20.9 Å². The van der Waals surface area contributed by atoms with Gasteiger partial charge in [-0.1, -0.05) is 36.6 Å². The summed E-state index contributed by atoms with van der Waals surface area (Å²) in [4.78, 5) is 24.6. The van der Waals surface area contributed by atoms with Crippen molar-refractivity contribution < 1.29 is 4.79 Å². The lowest BCUT2D eigenvalue weighted by Crippen LogP contribution is -2.63. The fourth-order valence-electron chi connectivity index (χ4n) is 4.81. The predicted molar refractivity (Wildman–Crippen MR) is 125 cm³/mol. The first-order valence-electron chi connectivity index (χ1n) is 11.0. The molecule has 31 heavy (non-hydrogen) atoms. The third kappa shape index (κ3) is 4.06. The highest BCUT2D eigenvalue weighted by molar-refractivity contribution is 6.33. The first kappa shape index (κ1) is 20.1. The lowest BCUT2D eigenvalue weighted by Gasteiger charge is -2.47. The average molecular weight is 439 g/mol. The number of amidine groups is 1. The van der Waals surface area contributed by atoms with Crippen LogP contribution in [0.5, 0.6) is 0 Å². The fraction of sp³-hybridized carbons (Fsp3) is 0.435. The number of carbonyl (C=O) groups excluding carboxylic acids is 1. The highest BCUT2D eigenvalue weighted by atomic mass is 35.5. The summed E-state index contributed by atoms with van der Waals surface area (Å²) >= 11 is 6.24. The lowest BCUT2D eigenvalue weighted by atomic mass is 9.85. The minimum atomic E-state index is -0.450. The van der Waals surface area contributed by atoms with E-state index in [0.29, 0.717) is 29.8 Å². The molecule has 3 aliphatic rings. The zero-order valence-corrected chi connectivity index (χ0v) is 18.2. The highest BCUT2D eigenvalue weighted by Crippen LogP contribution is 2.36. The molecule has 2 fully saturated rings. The number of nitrogens with zero attached hydrogens (tertiary/aromatic N) is 3. The van der Waals surface area contributed by atoms with Gasteiger partial charge in [-0.15, -0.1) is 0 Å². The second-order valence-corrected chi connectivity index (χ2v) is 8.99. The number of anilines is 3. The van der Waals surface area contributed by atoms with Crippen LogP contribution in [-0.2, 0) is 0 Å². The van der Waals surface area contributed by atoms with Gasteiger partial charge in [0.25, 0.3) is 0 Å². The third-order valence-corrected chi connectivity index (χ3v) is 6.73. The van der Waals surface area contributed by atoms with E-state index in [2.05, 4.69) is 20.9 Å². The zero-order valence-electron chi connectivity index (χ0n) is 17.4. The maximum atomic E-state index is 13.1. The van der Waals surface area contributed by atoms with Crippen LogP contribution in [0.15, 0.2) is 47.6 Å². The number of hydrogen-bond acceptors (Lipinski definition) is 4. The summed E-state index contributed by atoms with van der Waals surface area (Å²) in [5.41, 5.74) is 1.12. The van der Waals surface area contributed by atoms with Crippen LogP contribution in [0, 0.1) is 0 Å². The molecule has 3 heterocycles. The Labute approximate surface area is 187 Å². The number of piperidine rings is 1. The van der Waals surface area contributed by atoms with E-state index in [1.807, 2.05) is 35.2 Å². The number of benzene rings is 1. The number of halogens is 1. The van der Waals surface area contributed by atoms with Crippen LogP contribution < -0.4 is 16.0 Å². The number of pyridine rings is 1. The van der Waals surface area contributed by atoms with Gasteiger partial charge in [-0.05, 0) is 49.9 Å². The van der Waals surface area contributed by atoms with Crippen molar-refractivity contribution in [2.24, 2.45) is 4.99 Å². The molecule has 1 unspecified atom stereocenters. The maximum absolute atomic E-state index is 13.1. The van der Waals surface area contributed by atoms with Gasteiger partial charge in [-0.3, -0.25) is 4.99 Å². The Morgan fingerprint density at radius 2 is 2.03 bits per heavy atom. The molecule has 1 atom stereocenters. The van der Waals surface area contributed by atoms with E-state index in [9.17, 15) is 4.79 Å². The molecule has 2 aromatic rings. The zero-order chi connectivity index (χ0) is 21.3. The monoisotopic (exact) mass is 438 g/mol. The van der Waals surface area contributed by atoms with Crippen molar-refractivity contribution in [2.45, 2.75) is 50.1 Å². The minimum Gasteiger partial charge on any atom is -0.368 e. The average Bonchev–Trinajstić information content (AvgIpc) is 3.29. The summed E-state index contributed by atoms with van der Waals surface area (Å²) in [5.74, 6) is 1.70. The number of nitrogens with one attached hydrogen (secondary N) is 3. The van der Waals surface area contributed by atoms with Crippen LogP contribution >= 0.6 is 11.6 Å². The van der Waals surface area contributed by atoms with Crippen LogP contribution in [0.4, 0.5) is 22.0 Å². The molecule has 1 saturated heterocycles. The molecule has 1 aromatic carbocycles.